The maximum atomic E-state index is 12.1. The molecule has 1 N–H and O–H groups in total. The predicted molar refractivity (Wildman–Crippen MR) is 115 cm³/mol. The lowest BCUT2D eigenvalue weighted by Crippen LogP contribution is -2.43. The molecule has 1 aliphatic rings. The molecule has 0 aromatic heterocycles. The van der Waals surface area contributed by atoms with Gasteiger partial charge in [-0.15, -0.1) is 0 Å². The summed E-state index contributed by atoms with van der Waals surface area (Å²) in [6.45, 7) is 9.53. The van der Waals surface area contributed by atoms with Gasteiger partial charge in [-0.05, 0) is 33.1 Å². The SMILES string of the molecule is C=C(C)C(=O)OCCCC(=O)CCSCC(CC(C)NC(C)=O)N1CCCC1=O. The van der Waals surface area contributed by atoms with Gasteiger partial charge in [0.1, 0.15) is 5.78 Å². The summed E-state index contributed by atoms with van der Waals surface area (Å²) in [5.74, 6) is 1.26. The topological polar surface area (TPSA) is 92.8 Å². The van der Waals surface area contributed by atoms with E-state index in [1.807, 2.05) is 11.8 Å². The van der Waals surface area contributed by atoms with Crippen LogP contribution in [0.5, 0.6) is 0 Å². The fraction of sp³-hybridized carbons (Fsp3) is 0.714. The van der Waals surface area contributed by atoms with Gasteiger partial charge in [-0.2, -0.15) is 11.8 Å². The average Bonchev–Trinajstić information content (AvgIpc) is 3.06. The zero-order valence-electron chi connectivity index (χ0n) is 17.8. The normalized spacial score (nSPS) is 15.7. The van der Waals surface area contributed by atoms with Gasteiger partial charge < -0.3 is 15.0 Å². The minimum atomic E-state index is -0.427. The van der Waals surface area contributed by atoms with E-state index in [1.54, 1.807) is 18.7 Å². The third-order valence-electron chi connectivity index (χ3n) is 4.64. The monoisotopic (exact) mass is 426 g/mol. The number of rotatable bonds is 14. The molecule has 0 spiro atoms. The van der Waals surface area contributed by atoms with Crippen LogP contribution in [0.1, 0.15) is 59.3 Å². The largest absolute Gasteiger partial charge is 0.462 e. The van der Waals surface area contributed by atoms with E-state index in [0.717, 1.165) is 18.7 Å². The second kappa shape index (κ2) is 13.4. The number of thioether (sulfide) groups is 1. The van der Waals surface area contributed by atoms with Crippen molar-refractivity contribution in [1.29, 1.82) is 0 Å². The molecule has 2 unspecified atom stereocenters. The third kappa shape index (κ3) is 10.5. The summed E-state index contributed by atoms with van der Waals surface area (Å²) < 4.78 is 4.98. The Hall–Kier alpha value is -1.83. The maximum absolute atomic E-state index is 12.1. The summed E-state index contributed by atoms with van der Waals surface area (Å²) in [5, 5.41) is 2.88. The number of carbonyl (C=O) groups excluding carboxylic acids is 4. The van der Waals surface area contributed by atoms with Crippen molar-refractivity contribution in [1.82, 2.24) is 10.2 Å². The summed E-state index contributed by atoms with van der Waals surface area (Å²) in [5.41, 5.74) is 0.353. The lowest BCUT2D eigenvalue weighted by atomic mass is 10.1. The van der Waals surface area contributed by atoms with Crippen molar-refractivity contribution in [2.45, 2.75) is 71.4 Å². The Balaban J connectivity index is 2.31. The Labute approximate surface area is 178 Å². The average molecular weight is 427 g/mol. The summed E-state index contributed by atoms with van der Waals surface area (Å²) >= 11 is 1.66. The lowest BCUT2D eigenvalue weighted by molar-refractivity contribution is -0.139. The van der Waals surface area contributed by atoms with E-state index in [0.29, 0.717) is 43.4 Å². The molecule has 164 valence electrons. The maximum Gasteiger partial charge on any atom is 0.333 e. The molecule has 0 aromatic rings. The first kappa shape index (κ1) is 25.2. The molecule has 0 aromatic carbocycles. The van der Waals surface area contributed by atoms with Crippen LogP contribution in [-0.2, 0) is 23.9 Å². The van der Waals surface area contributed by atoms with Gasteiger partial charge in [-0.25, -0.2) is 4.79 Å². The summed E-state index contributed by atoms with van der Waals surface area (Å²) in [7, 11) is 0. The van der Waals surface area contributed by atoms with Gasteiger partial charge in [0, 0.05) is 61.9 Å². The van der Waals surface area contributed by atoms with Crippen molar-refractivity contribution in [3.8, 4) is 0 Å². The molecule has 2 amide bonds. The number of esters is 1. The highest BCUT2D eigenvalue weighted by Crippen LogP contribution is 2.21. The molecule has 1 heterocycles. The molecule has 2 atom stereocenters. The molecule has 0 saturated carbocycles. The van der Waals surface area contributed by atoms with E-state index in [9.17, 15) is 19.2 Å². The quantitative estimate of drug-likeness (QED) is 0.261. The van der Waals surface area contributed by atoms with Crippen molar-refractivity contribution in [2.75, 3.05) is 24.7 Å². The first-order valence-corrected chi connectivity index (χ1v) is 11.3. The van der Waals surface area contributed by atoms with Gasteiger partial charge in [0.25, 0.3) is 0 Å². The van der Waals surface area contributed by atoms with Crippen molar-refractivity contribution in [3.05, 3.63) is 12.2 Å². The standard InChI is InChI=1S/C21H34N2O5S/c1-15(2)21(27)28-11-6-7-19(25)9-12-29-14-18(13-16(3)22-17(4)24)23-10-5-8-20(23)26/h16,18H,1,5-14H2,2-4H3,(H,22,24). The minimum absolute atomic E-state index is 0.00459. The molecule has 1 saturated heterocycles. The molecule has 0 radical (unpaired) electrons. The molecule has 29 heavy (non-hydrogen) atoms. The van der Waals surface area contributed by atoms with Crippen LogP contribution >= 0.6 is 11.8 Å². The number of hydrogen-bond acceptors (Lipinski definition) is 6. The number of ether oxygens (including phenoxy) is 1. The Bertz CT molecular complexity index is 608. The van der Waals surface area contributed by atoms with Crippen LogP contribution < -0.4 is 5.32 Å². The number of carbonyl (C=O) groups is 4. The van der Waals surface area contributed by atoms with E-state index in [4.69, 9.17) is 4.74 Å². The predicted octanol–water partition coefficient (Wildman–Crippen LogP) is 2.48. The zero-order chi connectivity index (χ0) is 21.8. The van der Waals surface area contributed by atoms with Crippen LogP contribution in [0.2, 0.25) is 0 Å². The Morgan fingerprint density at radius 3 is 2.59 bits per heavy atom. The molecular weight excluding hydrogens is 392 g/mol. The molecule has 8 heteroatoms. The molecule has 0 aliphatic carbocycles. The van der Waals surface area contributed by atoms with E-state index >= 15 is 0 Å². The smallest absolute Gasteiger partial charge is 0.333 e. The summed E-state index contributed by atoms with van der Waals surface area (Å²) in [6.07, 6.45) is 3.54. The van der Waals surface area contributed by atoms with E-state index in [1.165, 1.54) is 6.92 Å². The molecule has 7 nitrogen and oxygen atoms in total. The first-order valence-electron chi connectivity index (χ1n) is 10.2. The van der Waals surface area contributed by atoms with E-state index in [-0.39, 0.29) is 36.3 Å². The second-order valence-corrected chi connectivity index (χ2v) is 8.72. The van der Waals surface area contributed by atoms with Crippen LogP contribution in [0.3, 0.4) is 0 Å². The highest BCUT2D eigenvalue weighted by Gasteiger charge is 2.29. The highest BCUT2D eigenvalue weighted by atomic mass is 32.2. The van der Waals surface area contributed by atoms with Crippen LogP contribution in [0, 0.1) is 0 Å². The first-order chi connectivity index (χ1) is 13.7. The van der Waals surface area contributed by atoms with Gasteiger partial charge in [0.05, 0.1) is 6.61 Å². The lowest BCUT2D eigenvalue weighted by Gasteiger charge is -2.30. The van der Waals surface area contributed by atoms with Crippen LogP contribution in [-0.4, -0.2) is 65.2 Å². The third-order valence-corrected chi connectivity index (χ3v) is 5.76. The highest BCUT2D eigenvalue weighted by molar-refractivity contribution is 7.99. The number of nitrogens with one attached hydrogen (secondary N) is 1. The van der Waals surface area contributed by atoms with Crippen LogP contribution in [0.4, 0.5) is 0 Å². The van der Waals surface area contributed by atoms with Gasteiger partial charge in [-0.3, -0.25) is 14.4 Å². The van der Waals surface area contributed by atoms with Gasteiger partial charge in [0.2, 0.25) is 11.8 Å². The Kier molecular flexibility index (Phi) is 11.7. The zero-order valence-corrected chi connectivity index (χ0v) is 18.6. The molecule has 1 rings (SSSR count). The van der Waals surface area contributed by atoms with Crippen molar-refractivity contribution < 1.29 is 23.9 Å². The van der Waals surface area contributed by atoms with Crippen molar-refractivity contribution in [3.63, 3.8) is 0 Å². The van der Waals surface area contributed by atoms with E-state index in [2.05, 4.69) is 11.9 Å². The fourth-order valence-corrected chi connectivity index (χ4v) is 4.37. The molecule has 0 bridgehead atoms. The van der Waals surface area contributed by atoms with Gasteiger partial charge >= 0.3 is 5.97 Å². The summed E-state index contributed by atoms with van der Waals surface area (Å²) in [6, 6.07) is 0.0588. The molecule has 1 aliphatic heterocycles. The van der Waals surface area contributed by atoms with E-state index < -0.39 is 5.97 Å². The Morgan fingerprint density at radius 1 is 1.28 bits per heavy atom. The van der Waals surface area contributed by atoms with Crippen LogP contribution in [0.15, 0.2) is 12.2 Å². The number of hydrogen-bond donors (Lipinski definition) is 1. The number of Topliss-reactive ketones (excluding diaryl/α,β-unsaturated/α-hetero) is 1. The minimum Gasteiger partial charge on any atom is -0.462 e. The second-order valence-electron chi connectivity index (χ2n) is 7.57. The molecule has 1 fully saturated rings. The van der Waals surface area contributed by atoms with Crippen molar-refractivity contribution >= 4 is 35.3 Å². The fourth-order valence-electron chi connectivity index (χ4n) is 3.24. The van der Waals surface area contributed by atoms with Crippen molar-refractivity contribution in [2.24, 2.45) is 0 Å². The number of likely N-dealkylation sites (tertiary alicyclic amines) is 1. The Morgan fingerprint density at radius 2 is 2.00 bits per heavy atom. The number of amides is 2. The van der Waals surface area contributed by atoms with Crippen LogP contribution in [0.25, 0.3) is 0 Å². The number of nitrogens with zero attached hydrogens (tertiary/aromatic N) is 1. The van der Waals surface area contributed by atoms with Gasteiger partial charge in [-0.1, -0.05) is 6.58 Å². The number of ketones is 1. The molecular formula is C21H34N2O5S. The summed E-state index contributed by atoms with van der Waals surface area (Å²) in [4.78, 5) is 48.6. The van der Waals surface area contributed by atoms with Gasteiger partial charge in [0.15, 0.2) is 0 Å².